The summed E-state index contributed by atoms with van der Waals surface area (Å²) in [7, 11) is 0.616. The molecule has 0 aliphatic rings. The van der Waals surface area contributed by atoms with E-state index in [1.807, 2.05) is 20.8 Å². The lowest BCUT2D eigenvalue weighted by atomic mass is 9.87. The van der Waals surface area contributed by atoms with Crippen LogP contribution in [0.2, 0.25) is 0 Å². The molecule has 0 aromatic heterocycles. The summed E-state index contributed by atoms with van der Waals surface area (Å²) in [5.74, 6) is -0.410. The summed E-state index contributed by atoms with van der Waals surface area (Å²) in [6.45, 7) is 9.50. The number of rotatable bonds is 9. The lowest BCUT2D eigenvalue weighted by molar-refractivity contribution is -0.147. The lowest BCUT2D eigenvalue weighted by Gasteiger charge is -2.26. The molecule has 0 aliphatic heterocycles. The molecule has 0 spiro atoms. The van der Waals surface area contributed by atoms with Gasteiger partial charge in [-0.25, -0.2) is 4.79 Å². The van der Waals surface area contributed by atoms with Crippen molar-refractivity contribution in [3.8, 4) is 0 Å². The minimum Gasteiger partial charge on any atom is -0.457 e. The monoisotopic (exact) mass is 274 g/mol. The van der Waals surface area contributed by atoms with Crippen LogP contribution in [-0.4, -0.2) is 40.4 Å². The van der Waals surface area contributed by atoms with Crippen LogP contribution in [0.3, 0.4) is 0 Å². The highest BCUT2D eigenvalue weighted by atomic mass is 28.2. The van der Waals surface area contributed by atoms with E-state index in [2.05, 4.69) is 6.58 Å². The van der Waals surface area contributed by atoms with Crippen molar-refractivity contribution in [2.45, 2.75) is 52.2 Å². The van der Waals surface area contributed by atoms with Gasteiger partial charge in [-0.1, -0.05) is 20.4 Å². The molecule has 106 valence electrons. The van der Waals surface area contributed by atoms with Crippen molar-refractivity contribution in [2.24, 2.45) is 5.41 Å². The summed E-state index contributed by atoms with van der Waals surface area (Å²) in [6.07, 6.45) is 3.37. The van der Waals surface area contributed by atoms with Gasteiger partial charge in [0.25, 0.3) is 0 Å². The Morgan fingerprint density at radius 1 is 1.56 bits per heavy atom. The third-order valence-corrected chi connectivity index (χ3v) is 3.84. The number of carbonyl (C=O) groups excluding carboxylic acids is 1. The van der Waals surface area contributed by atoms with Gasteiger partial charge >= 0.3 is 5.97 Å². The van der Waals surface area contributed by atoms with Gasteiger partial charge in [-0.2, -0.15) is 0 Å². The van der Waals surface area contributed by atoms with E-state index in [1.165, 1.54) is 6.08 Å². The molecule has 0 amide bonds. The van der Waals surface area contributed by atoms with Crippen LogP contribution in [-0.2, 0) is 14.0 Å². The van der Waals surface area contributed by atoms with Crippen LogP contribution >= 0.6 is 0 Å². The zero-order valence-electron chi connectivity index (χ0n) is 11.9. The fourth-order valence-electron chi connectivity index (χ4n) is 1.60. The van der Waals surface area contributed by atoms with Crippen molar-refractivity contribution in [2.75, 3.05) is 6.61 Å². The van der Waals surface area contributed by atoms with Crippen molar-refractivity contribution in [1.29, 1.82) is 0 Å². The largest absolute Gasteiger partial charge is 0.457 e. The first-order valence-electron chi connectivity index (χ1n) is 6.33. The molecule has 2 atom stereocenters. The second kappa shape index (κ2) is 8.45. The topological polar surface area (TPSA) is 55.8 Å². The molecular formula is C13H26O4Si. The van der Waals surface area contributed by atoms with Crippen LogP contribution in [0.4, 0.5) is 0 Å². The average Bonchev–Trinajstić information content (AvgIpc) is 2.36. The molecule has 5 heteroatoms. The highest BCUT2D eigenvalue weighted by Gasteiger charge is 2.22. The molecule has 2 unspecified atom stereocenters. The molecular weight excluding hydrogens is 248 g/mol. The summed E-state index contributed by atoms with van der Waals surface area (Å²) in [5.41, 5.74) is -0.0853. The van der Waals surface area contributed by atoms with Crippen LogP contribution in [0, 0.1) is 5.41 Å². The maximum absolute atomic E-state index is 11.2. The van der Waals surface area contributed by atoms with E-state index in [0.29, 0.717) is 10.5 Å². The fraction of sp³-hybridized carbons (Fsp3) is 0.769. The Bertz CT molecular complexity index is 266. The van der Waals surface area contributed by atoms with Crippen molar-refractivity contribution in [1.82, 2.24) is 0 Å². The quantitative estimate of drug-likeness (QED) is 0.386. The second-order valence-corrected chi connectivity index (χ2v) is 5.81. The van der Waals surface area contributed by atoms with Gasteiger partial charge in [-0.05, 0) is 31.6 Å². The van der Waals surface area contributed by atoms with Crippen molar-refractivity contribution >= 4 is 16.5 Å². The van der Waals surface area contributed by atoms with E-state index in [1.54, 1.807) is 0 Å². The average molecular weight is 274 g/mol. The van der Waals surface area contributed by atoms with Gasteiger partial charge in [0.1, 0.15) is 16.6 Å². The Hall–Kier alpha value is -0.653. The molecule has 0 heterocycles. The number of aliphatic hydroxyl groups is 1. The van der Waals surface area contributed by atoms with Crippen LogP contribution in [0.15, 0.2) is 12.7 Å². The summed E-state index contributed by atoms with van der Waals surface area (Å²) in [5, 5.41) is 9.18. The molecule has 0 saturated carbocycles. The highest BCUT2D eigenvalue weighted by Crippen LogP contribution is 2.24. The van der Waals surface area contributed by atoms with E-state index in [9.17, 15) is 9.90 Å². The molecule has 0 aromatic carbocycles. The SMILES string of the molecule is C=CC(=O)OC(CCCC(C)(C)CO)C(C)O[SiH3]. The molecule has 0 aromatic rings. The number of carbonyl (C=O) groups is 1. The van der Waals surface area contributed by atoms with Gasteiger partial charge in [-0.15, -0.1) is 0 Å². The number of ether oxygens (including phenoxy) is 1. The normalized spacial score (nSPS) is 15.1. The van der Waals surface area contributed by atoms with Gasteiger partial charge < -0.3 is 14.3 Å². The Morgan fingerprint density at radius 3 is 2.61 bits per heavy atom. The maximum atomic E-state index is 11.2. The van der Waals surface area contributed by atoms with Crippen LogP contribution in [0.25, 0.3) is 0 Å². The Balaban J connectivity index is 4.25. The van der Waals surface area contributed by atoms with Crippen LogP contribution < -0.4 is 0 Å². The summed E-state index contributed by atoms with van der Waals surface area (Å²) < 4.78 is 10.6. The summed E-state index contributed by atoms with van der Waals surface area (Å²) in [6, 6.07) is 0. The molecule has 0 bridgehead atoms. The van der Waals surface area contributed by atoms with Crippen molar-refractivity contribution in [3.05, 3.63) is 12.7 Å². The molecule has 4 nitrogen and oxygen atoms in total. The molecule has 0 rings (SSSR count). The second-order valence-electron chi connectivity index (χ2n) is 5.33. The number of aliphatic hydroxyl groups excluding tert-OH is 1. The minimum atomic E-state index is -0.410. The van der Waals surface area contributed by atoms with Gasteiger partial charge in [0.15, 0.2) is 0 Å². The Kier molecular flexibility index (Phi) is 8.14. The van der Waals surface area contributed by atoms with Crippen molar-refractivity contribution < 1.29 is 19.1 Å². The van der Waals surface area contributed by atoms with E-state index >= 15 is 0 Å². The minimum absolute atomic E-state index is 0.0853. The number of hydrogen-bond acceptors (Lipinski definition) is 4. The highest BCUT2D eigenvalue weighted by molar-refractivity contribution is 5.98. The zero-order chi connectivity index (χ0) is 14.2. The third-order valence-electron chi connectivity index (χ3n) is 3.10. The van der Waals surface area contributed by atoms with Gasteiger partial charge in [0, 0.05) is 12.7 Å². The lowest BCUT2D eigenvalue weighted by Crippen LogP contribution is -2.31. The number of hydrogen-bond donors (Lipinski definition) is 1. The first kappa shape index (κ1) is 17.3. The maximum Gasteiger partial charge on any atom is 0.330 e. The number of esters is 1. The van der Waals surface area contributed by atoms with E-state index in [4.69, 9.17) is 9.16 Å². The third kappa shape index (κ3) is 6.93. The van der Waals surface area contributed by atoms with Gasteiger partial charge in [-0.3, -0.25) is 0 Å². The fourth-order valence-corrected chi connectivity index (χ4v) is 1.90. The Morgan fingerprint density at radius 2 is 2.17 bits per heavy atom. The van der Waals surface area contributed by atoms with E-state index < -0.39 is 5.97 Å². The molecule has 0 aliphatic carbocycles. The molecule has 0 saturated heterocycles. The molecule has 0 radical (unpaired) electrons. The smallest absolute Gasteiger partial charge is 0.330 e. The van der Waals surface area contributed by atoms with Gasteiger partial charge in [0.05, 0.1) is 6.10 Å². The van der Waals surface area contributed by atoms with Crippen molar-refractivity contribution in [3.63, 3.8) is 0 Å². The summed E-state index contributed by atoms with van der Waals surface area (Å²) >= 11 is 0. The first-order valence-corrected chi connectivity index (χ1v) is 7.14. The summed E-state index contributed by atoms with van der Waals surface area (Å²) in [4.78, 5) is 11.2. The standard InChI is InChI=1S/C13H26O4Si/c1-5-12(15)16-11(10(2)17-18)7-6-8-13(3,4)9-14/h5,10-11,14H,1,6-9H2,2-4,18H3. The molecule has 1 N–H and O–H groups in total. The predicted molar refractivity (Wildman–Crippen MR) is 75.3 cm³/mol. The van der Waals surface area contributed by atoms with E-state index in [-0.39, 0.29) is 24.2 Å². The molecule has 18 heavy (non-hydrogen) atoms. The Labute approximate surface area is 113 Å². The van der Waals surface area contributed by atoms with Crippen LogP contribution in [0.5, 0.6) is 0 Å². The van der Waals surface area contributed by atoms with E-state index in [0.717, 1.165) is 19.3 Å². The zero-order valence-corrected chi connectivity index (χ0v) is 13.9. The van der Waals surface area contributed by atoms with Gasteiger partial charge in [0.2, 0.25) is 0 Å². The molecule has 0 fully saturated rings. The predicted octanol–water partition coefficient (Wildman–Crippen LogP) is 0.958. The first-order chi connectivity index (χ1) is 8.36. The van der Waals surface area contributed by atoms with Crippen LogP contribution in [0.1, 0.15) is 40.0 Å².